The van der Waals surface area contributed by atoms with Gasteiger partial charge >= 0.3 is 59.2 Å². The summed E-state index contributed by atoms with van der Waals surface area (Å²) in [6, 6.07) is 0. The molecule has 2 nitrogen and oxygen atoms in total. The number of rotatable bonds is 1. The van der Waals surface area contributed by atoms with Crippen molar-refractivity contribution in [3.63, 3.8) is 0 Å². The van der Waals surface area contributed by atoms with Crippen LogP contribution in [-0.4, -0.2) is 73.4 Å². The molecule has 0 bridgehead atoms. The monoisotopic (exact) mass is 270 g/mol. The van der Waals surface area contributed by atoms with Gasteiger partial charge in [0.25, 0.3) is 0 Å². The van der Waals surface area contributed by atoms with Crippen molar-refractivity contribution in [1.29, 1.82) is 0 Å². The second kappa shape index (κ2) is 33.9. The Bertz CT molecular complexity index is 18.0. The topological polar surface area (TPSA) is 46.1 Å². The van der Waals surface area contributed by atoms with E-state index in [0.29, 0.717) is 0 Å². The molecule has 0 rings (SSSR count). The molecule has 0 fully saturated rings. The number of hydrogen-bond donors (Lipinski definition) is 0. The van der Waals surface area contributed by atoms with Crippen LogP contribution < -0.4 is 10.2 Å². The second-order valence-corrected chi connectivity index (χ2v) is 19.1. The zero-order valence-corrected chi connectivity index (χ0v) is 11.3. The Balaban J connectivity index is -0.0000000542. The minimum absolute atomic E-state index is 0.750. The molecular weight excluding hydrogens is 263 g/mol. The molecule has 0 aromatic heterocycles. The molecule has 0 saturated heterocycles. The van der Waals surface area contributed by atoms with Gasteiger partial charge in [0.05, 0.1) is 0 Å². The molecule has 6 heteroatoms. The van der Waals surface area contributed by atoms with Crippen LogP contribution in [-0.2, 0) is 0 Å². The third kappa shape index (κ3) is 39.1. The maximum absolute atomic E-state index is 8.25. The van der Waals surface area contributed by atoms with Crippen molar-refractivity contribution in [3.05, 3.63) is 0 Å². The summed E-state index contributed by atoms with van der Waals surface area (Å²) in [5.74, 6) is 0. The van der Waals surface area contributed by atoms with Crippen molar-refractivity contribution in [2.24, 2.45) is 0 Å². The molecule has 42 valence electrons. The molecule has 8 heavy (non-hydrogen) atoms. The van der Waals surface area contributed by atoms with Gasteiger partial charge < -0.3 is 10.2 Å². The molecule has 0 saturated carbocycles. The summed E-state index contributed by atoms with van der Waals surface area (Å²) in [4.78, 5) is 0. The molecule has 0 aliphatic carbocycles. The van der Waals surface area contributed by atoms with Gasteiger partial charge in [-0.2, -0.15) is 14.2 Å². The minimum atomic E-state index is 0.750. The van der Waals surface area contributed by atoms with Gasteiger partial charge in [-0.3, -0.25) is 0 Å². The van der Waals surface area contributed by atoms with Gasteiger partial charge in [0.2, 0.25) is 0 Å². The molecule has 0 spiro atoms. The van der Waals surface area contributed by atoms with Gasteiger partial charge in [-0.15, -0.1) is 0 Å². The molecule has 0 aromatic rings. The van der Waals surface area contributed by atoms with Crippen LogP contribution in [0.25, 0.3) is 0 Å². The predicted octanol–water partition coefficient (Wildman–Crippen LogP) is -3.57. The van der Waals surface area contributed by atoms with Crippen molar-refractivity contribution in [3.8, 4) is 0 Å². The molecule has 0 N–H and O–H groups in total. The van der Waals surface area contributed by atoms with Crippen LogP contribution in [0.4, 0.5) is 0 Å². The van der Waals surface area contributed by atoms with Crippen molar-refractivity contribution < 1.29 is 10.2 Å². The van der Waals surface area contributed by atoms with E-state index in [-0.39, 0.29) is 0 Å². The first-order valence-electron chi connectivity index (χ1n) is 1.56. The van der Waals surface area contributed by atoms with Crippen LogP contribution >= 0.6 is 0 Å². The van der Waals surface area contributed by atoms with Gasteiger partial charge in [-0.25, -0.2) is 0 Å². The zero-order valence-electron chi connectivity index (χ0n) is 5.05. The van der Waals surface area contributed by atoms with Crippen molar-refractivity contribution in [2.75, 3.05) is 14.2 Å². The quantitative estimate of drug-likeness (QED) is 0.462. The molecule has 0 atom stereocenters. The first kappa shape index (κ1) is 16.8. The summed E-state index contributed by atoms with van der Waals surface area (Å²) >= 11 is 4.24. The first-order chi connectivity index (χ1) is 3.91. The Morgan fingerprint density at radius 1 is 0.875 bits per heavy atom. The predicted molar refractivity (Wildman–Crippen MR) is 34.9 cm³/mol. The van der Waals surface area contributed by atoms with Crippen LogP contribution in [0.2, 0.25) is 0 Å². The van der Waals surface area contributed by atoms with E-state index in [2.05, 4.69) is 39.0 Å². The molecule has 0 radical (unpaired) electrons. The maximum atomic E-state index is 8.25. The van der Waals surface area contributed by atoms with Gasteiger partial charge in [-0.05, 0) is 0 Å². The summed E-state index contributed by atoms with van der Waals surface area (Å²) in [7, 11) is 3.54. The third-order valence-electron chi connectivity index (χ3n) is 0.0833. The van der Waals surface area contributed by atoms with E-state index in [9.17, 15) is 0 Å². The van der Waals surface area contributed by atoms with E-state index in [1.54, 1.807) is 0 Å². The van der Waals surface area contributed by atoms with Crippen molar-refractivity contribution >= 4 is 59.2 Å². The zero-order chi connectivity index (χ0) is 7.41. The van der Waals surface area contributed by atoms with Gasteiger partial charge in [0, 0.05) is 0 Å². The Hall–Kier alpha value is 2.49. The normalized spacial score (nSPS) is 5.50. The Morgan fingerprint density at radius 3 is 1.00 bits per heavy atom. The van der Waals surface area contributed by atoms with E-state index < -0.39 is 0 Å². The molecule has 0 heterocycles. The molecule has 0 aliphatic heterocycles. The summed E-state index contributed by atoms with van der Waals surface area (Å²) in [5.41, 5.74) is 0. The SMILES string of the molecule is C[O-].C[O-].[Mg+][Se][Se][Mg+]. The van der Waals surface area contributed by atoms with Crippen LogP contribution in [0.1, 0.15) is 0 Å². The van der Waals surface area contributed by atoms with Gasteiger partial charge in [0.1, 0.15) is 0 Å². The Kier molecular flexibility index (Phi) is 71.4. The van der Waals surface area contributed by atoms with Crippen molar-refractivity contribution in [2.45, 2.75) is 0 Å². The Morgan fingerprint density at radius 2 is 1.00 bits per heavy atom. The fourth-order valence-corrected chi connectivity index (χ4v) is 0. The Labute approximate surface area is 82.4 Å². The van der Waals surface area contributed by atoms with Gasteiger partial charge in [0.15, 0.2) is 0 Å². The van der Waals surface area contributed by atoms with E-state index in [0.717, 1.165) is 34.4 Å². The van der Waals surface area contributed by atoms with Gasteiger partial charge in [-0.1, -0.05) is 0 Å². The van der Waals surface area contributed by atoms with Crippen LogP contribution in [0.5, 0.6) is 0 Å². The number of hydrogen-bond acceptors (Lipinski definition) is 2. The standard InChI is InChI=1S/2CH3O.2Mg.Se2/c2*1-2;;;1-2/h2*1H3;;;/q2*-1;2*+2;-2. The van der Waals surface area contributed by atoms with E-state index in [4.69, 9.17) is 10.2 Å². The second-order valence-electron chi connectivity index (χ2n) is 0.236. The van der Waals surface area contributed by atoms with Crippen LogP contribution in [0.3, 0.4) is 0 Å². The van der Waals surface area contributed by atoms with Crippen LogP contribution in [0, 0.1) is 0 Å². The fraction of sp³-hybridized carbons (Fsp3) is 1.00. The summed E-state index contributed by atoms with van der Waals surface area (Å²) < 4.78 is 0. The van der Waals surface area contributed by atoms with E-state index in [1.807, 2.05) is 0 Å². The molecule has 0 aliphatic rings. The van der Waals surface area contributed by atoms with Crippen molar-refractivity contribution in [1.82, 2.24) is 0 Å². The summed E-state index contributed by atoms with van der Waals surface area (Å²) in [5, 5.41) is 16.5. The molecule has 0 unspecified atom stereocenters. The average Bonchev–Trinajstić information content (AvgIpc) is 1.96. The van der Waals surface area contributed by atoms with E-state index in [1.165, 1.54) is 0 Å². The average molecular weight is 269 g/mol. The van der Waals surface area contributed by atoms with E-state index >= 15 is 0 Å². The fourth-order valence-electron chi connectivity index (χ4n) is 0. The first-order valence-corrected chi connectivity index (χ1v) is 14.3. The molecule has 0 aromatic carbocycles. The molecular formula is C2H6Mg2O2Se2. The third-order valence-corrected chi connectivity index (χ3v) is 20.2. The molecule has 0 amide bonds. The van der Waals surface area contributed by atoms with Crippen LogP contribution in [0.15, 0.2) is 0 Å². The summed E-state index contributed by atoms with van der Waals surface area (Å²) in [6.45, 7) is 0. The summed E-state index contributed by atoms with van der Waals surface area (Å²) in [6.07, 6.45) is 0.